The molecule has 4 aromatic rings. The molecule has 3 N–H and O–H groups in total. The van der Waals surface area contributed by atoms with Crippen molar-refractivity contribution in [2.45, 2.75) is 87.5 Å². The minimum Gasteiger partial charge on any atom is -0.492 e. The number of sulfonamides is 1. The van der Waals surface area contributed by atoms with Gasteiger partial charge in [-0.15, -0.1) is 0 Å². The van der Waals surface area contributed by atoms with Gasteiger partial charge in [0.15, 0.2) is 0 Å². The number of ether oxygens (including phenoxy) is 1. The third kappa shape index (κ3) is 7.71. The SMILES string of the molecule is O=C1CCC(N2Cc3cc(CNCCOc4cccc(S(=O)(=O)N5CCC(Nc6ncc7ccc(=O)n(C8CCCC8)c7n6)CC5)c4)ccc3C2=O)C(=O)N1. The number of carbonyl (C=O) groups excluding carboxylic acids is 3. The van der Waals surface area contributed by atoms with Gasteiger partial charge in [-0.05, 0) is 67.5 Å². The molecule has 288 valence electrons. The molecule has 55 heavy (non-hydrogen) atoms. The van der Waals surface area contributed by atoms with Crippen LogP contribution in [-0.2, 0) is 32.7 Å². The Balaban J connectivity index is 0.809. The van der Waals surface area contributed by atoms with Gasteiger partial charge in [0.25, 0.3) is 11.5 Å². The van der Waals surface area contributed by atoms with Crippen LogP contribution in [0.1, 0.15) is 78.9 Å². The Bertz CT molecular complexity index is 2300. The van der Waals surface area contributed by atoms with Crippen LogP contribution in [0, 0.1) is 0 Å². The number of fused-ring (bicyclic) bond motifs is 2. The number of amides is 3. The number of hydrogen-bond acceptors (Lipinski definition) is 11. The van der Waals surface area contributed by atoms with Gasteiger partial charge in [-0.25, -0.2) is 13.4 Å². The number of imide groups is 1. The molecule has 2 aromatic heterocycles. The van der Waals surface area contributed by atoms with Crippen molar-refractivity contribution < 1.29 is 27.5 Å². The summed E-state index contributed by atoms with van der Waals surface area (Å²) in [7, 11) is -3.75. The molecule has 15 nitrogen and oxygen atoms in total. The Morgan fingerprint density at radius 3 is 2.55 bits per heavy atom. The maximum atomic E-state index is 13.6. The quantitative estimate of drug-likeness (QED) is 0.142. The molecular formula is C39H44N8O7S. The molecule has 1 unspecified atom stereocenters. The van der Waals surface area contributed by atoms with E-state index in [0.717, 1.165) is 42.2 Å². The summed E-state index contributed by atoms with van der Waals surface area (Å²) < 4.78 is 36.5. The zero-order valence-corrected chi connectivity index (χ0v) is 31.2. The number of pyridine rings is 1. The first-order valence-electron chi connectivity index (χ1n) is 19.0. The van der Waals surface area contributed by atoms with Gasteiger partial charge in [0, 0.05) is 80.5 Å². The fourth-order valence-electron chi connectivity index (χ4n) is 8.13. The molecule has 4 aliphatic rings. The van der Waals surface area contributed by atoms with Crippen molar-refractivity contribution in [2.75, 3.05) is 31.6 Å². The van der Waals surface area contributed by atoms with Crippen LogP contribution < -0.4 is 26.2 Å². The summed E-state index contributed by atoms with van der Waals surface area (Å²) in [6.45, 7) is 2.31. The summed E-state index contributed by atoms with van der Waals surface area (Å²) in [5.41, 5.74) is 2.96. The number of aromatic nitrogens is 3. The highest BCUT2D eigenvalue weighted by atomic mass is 32.2. The summed E-state index contributed by atoms with van der Waals surface area (Å²) >= 11 is 0. The Morgan fingerprint density at radius 2 is 1.75 bits per heavy atom. The Hall–Kier alpha value is -5.19. The predicted octanol–water partition coefficient (Wildman–Crippen LogP) is 3.10. The van der Waals surface area contributed by atoms with Crippen molar-refractivity contribution in [3.05, 3.63) is 87.8 Å². The molecule has 2 saturated heterocycles. The van der Waals surface area contributed by atoms with E-state index in [-0.39, 0.29) is 40.8 Å². The first-order chi connectivity index (χ1) is 26.6. The van der Waals surface area contributed by atoms with Gasteiger partial charge < -0.3 is 20.3 Å². The van der Waals surface area contributed by atoms with Crippen molar-refractivity contribution in [1.82, 2.24) is 34.4 Å². The molecule has 3 fully saturated rings. The van der Waals surface area contributed by atoms with E-state index in [1.165, 1.54) is 9.21 Å². The molecular weight excluding hydrogens is 725 g/mol. The fourth-order valence-corrected chi connectivity index (χ4v) is 9.64. The number of piperidine rings is 2. The van der Waals surface area contributed by atoms with Crippen LogP contribution in [-0.4, -0.2) is 88.2 Å². The maximum Gasteiger partial charge on any atom is 0.255 e. The van der Waals surface area contributed by atoms with Gasteiger partial charge in [0.2, 0.25) is 27.8 Å². The Kier molecular flexibility index (Phi) is 10.4. The van der Waals surface area contributed by atoms with E-state index in [2.05, 4.69) is 20.9 Å². The lowest BCUT2D eigenvalue weighted by Crippen LogP contribution is -2.52. The predicted molar refractivity (Wildman–Crippen MR) is 203 cm³/mol. The molecule has 0 spiro atoms. The molecule has 2 aromatic carbocycles. The fraction of sp³-hybridized carbons (Fsp3) is 0.436. The first kappa shape index (κ1) is 36.8. The molecule has 16 heteroatoms. The monoisotopic (exact) mass is 768 g/mol. The van der Waals surface area contributed by atoms with Crippen LogP contribution in [0.2, 0.25) is 0 Å². The van der Waals surface area contributed by atoms with Gasteiger partial charge in [-0.2, -0.15) is 9.29 Å². The Morgan fingerprint density at radius 1 is 0.927 bits per heavy atom. The summed E-state index contributed by atoms with van der Waals surface area (Å²) in [4.78, 5) is 60.6. The second-order valence-electron chi connectivity index (χ2n) is 14.7. The second kappa shape index (κ2) is 15.5. The van der Waals surface area contributed by atoms with Gasteiger partial charge in [-0.1, -0.05) is 31.0 Å². The number of rotatable bonds is 12. The highest BCUT2D eigenvalue weighted by molar-refractivity contribution is 7.89. The van der Waals surface area contributed by atoms with E-state index in [1.54, 1.807) is 53.2 Å². The number of nitrogens with zero attached hydrogens (tertiary/aromatic N) is 5. The second-order valence-corrected chi connectivity index (χ2v) is 16.6. The topological polar surface area (TPSA) is 185 Å². The van der Waals surface area contributed by atoms with Gasteiger partial charge in [-0.3, -0.25) is 29.1 Å². The van der Waals surface area contributed by atoms with E-state index in [9.17, 15) is 27.6 Å². The average Bonchev–Trinajstić information content (AvgIpc) is 3.83. The van der Waals surface area contributed by atoms with Crippen molar-refractivity contribution >= 4 is 44.7 Å². The van der Waals surface area contributed by atoms with Gasteiger partial charge in [0.1, 0.15) is 24.0 Å². The van der Waals surface area contributed by atoms with Crippen LogP contribution >= 0.6 is 0 Å². The van der Waals surface area contributed by atoms with E-state index in [4.69, 9.17) is 9.72 Å². The lowest BCUT2D eigenvalue weighted by molar-refractivity contribution is -0.136. The molecule has 0 radical (unpaired) electrons. The first-order valence-corrected chi connectivity index (χ1v) is 20.4. The van der Waals surface area contributed by atoms with Crippen molar-refractivity contribution in [2.24, 2.45) is 0 Å². The van der Waals surface area contributed by atoms with E-state index in [1.807, 2.05) is 12.1 Å². The van der Waals surface area contributed by atoms with E-state index >= 15 is 0 Å². The van der Waals surface area contributed by atoms with Gasteiger partial charge in [0.05, 0.1) is 4.90 Å². The highest BCUT2D eigenvalue weighted by Gasteiger charge is 2.39. The van der Waals surface area contributed by atoms with Crippen LogP contribution in [0.3, 0.4) is 0 Å². The van der Waals surface area contributed by atoms with Crippen molar-refractivity contribution in [3.8, 4) is 5.75 Å². The number of hydrogen-bond donors (Lipinski definition) is 3. The molecule has 0 bridgehead atoms. The maximum absolute atomic E-state index is 13.6. The standard InChI is InChI=1S/C39H44N8O7S/c48-34-12-11-33(37(50)43-34)46-24-27-20-25(8-10-32(27)38(46)51)22-40-16-19-54-30-6-3-7-31(21-30)55(52,53)45-17-14-28(15-18-45)42-39-41-23-26-9-13-35(49)47(36(26)44-39)29-4-1-2-5-29/h3,6-10,13,20-21,23,28-29,33,40H,1-2,4-5,11-12,14-19,22,24H2,(H,41,42,44)(H,43,48,50). The number of carbonyl (C=O) groups is 3. The normalized spacial score (nSPS) is 19.9. The summed E-state index contributed by atoms with van der Waals surface area (Å²) in [5, 5.41) is 9.85. The van der Waals surface area contributed by atoms with E-state index < -0.39 is 22.0 Å². The van der Waals surface area contributed by atoms with Crippen LogP contribution in [0.15, 0.2) is 70.5 Å². The highest BCUT2D eigenvalue weighted by Crippen LogP contribution is 2.31. The zero-order chi connectivity index (χ0) is 38.1. The minimum absolute atomic E-state index is 0.0201. The van der Waals surface area contributed by atoms with Crippen molar-refractivity contribution in [3.63, 3.8) is 0 Å². The number of benzene rings is 2. The average molecular weight is 769 g/mol. The molecule has 3 aliphatic heterocycles. The molecule has 8 rings (SSSR count). The van der Waals surface area contributed by atoms with Crippen LogP contribution in [0.5, 0.6) is 5.75 Å². The molecule has 3 amide bonds. The van der Waals surface area contributed by atoms with Crippen LogP contribution in [0.4, 0.5) is 5.95 Å². The molecule has 5 heterocycles. The molecule has 1 atom stereocenters. The summed E-state index contributed by atoms with van der Waals surface area (Å²) in [6, 6.07) is 15.0. The van der Waals surface area contributed by atoms with E-state index in [0.29, 0.717) is 81.5 Å². The number of anilines is 1. The lowest BCUT2D eigenvalue weighted by atomic mass is 10.0. The summed E-state index contributed by atoms with van der Waals surface area (Å²) in [6.07, 6.45) is 7.54. The lowest BCUT2D eigenvalue weighted by Gasteiger charge is -2.31. The smallest absolute Gasteiger partial charge is 0.255 e. The third-order valence-corrected chi connectivity index (χ3v) is 12.9. The molecule has 1 saturated carbocycles. The third-order valence-electron chi connectivity index (χ3n) is 11.1. The largest absolute Gasteiger partial charge is 0.492 e. The Labute approximate surface area is 318 Å². The van der Waals surface area contributed by atoms with Gasteiger partial charge >= 0.3 is 0 Å². The number of nitrogens with one attached hydrogen (secondary N) is 3. The van der Waals surface area contributed by atoms with Crippen LogP contribution in [0.25, 0.3) is 11.0 Å². The van der Waals surface area contributed by atoms with Crippen molar-refractivity contribution in [1.29, 1.82) is 0 Å². The molecule has 1 aliphatic carbocycles. The summed E-state index contributed by atoms with van der Waals surface area (Å²) in [5.74, 6) is -0.0627. The zero-order valence-electron chi connectivity index (χ0n) is 30.4. The minimum atomic E-state index is -3.75.